The van der Waals surface area contributed by atoms with E-state index in [0.717, 1.165) is 12.1 Å². The molecule has 0 aliphatic heterocycles. The third kappa shape index (κ3) is 4.32. The van der Waals surface area contributed by atoms with E-state index < -0.39 is 5.82 Å². The lowest BCUT2D eigenvalue weighted by Gasteiger charge is -2.29. The summed E-state index contributed by atoms with van der Waals surface area (Å²) in [5, 5.41) is 9.10. The van der Waals surface area contributed by atoms with Gasteiger partial charge in [-0.2, -0.15) is 0 Å². The van der Waals surface area contributed by atoms with Crippen LogP contribution in [0.3, 0.4) is 0 Å². The van der Waals surface area contributed by atoms with Gasteiger partial charge in [-0.1, -0.05) is 19.9 Å². The van der Waals surface area contributed by atoms with Gasteiger partial charge in [-0.3, -0.25) is 0 Å². The Labute approximate surface area is 102 Å². The smallest absolute Gasteiger partial charge is 0.165 e. The van der Waals surface area contributed by atoms with Gasteiger partial charge in [0.2, 0.25) is 0 Å². The highest BCUT2D eigenvalue weighted by molar-refractivity contribution is 5.27. The van der Waals surface area contributed by atoms with Crippen molar-refractivity contribution in [2.75, 3.05) is 20.1 Å². The van der Waals surface area contributed by atoms with Crippen molar-refractivity contribution in [3.63, 3.8) is 0 Å². The first-order valence-electron chi connectivity index (χ1n) is 5.70. The number of hydrogen-bond donors (Lipinski definition) is 2. The zero-order valence-electron chi connectivity index (χ0n) is 10.7. The van der Waals surface area contributed by atoms with Crippen LogP contribution in [0.4, 0.5) is 4.39 Å². The van der Waals surface area contributed by atoms with Crippen LogP contribution in [0.2, 0.25) is 0 Å². The number of benzene rings is 1. The van der Waals surface area contributed by atoms with Crippen molar-refractivity contribution in [2.24, 2.45) is 11.1 Å². The lowest BCUT2D eigenvalue weighted by atomic mass is 9.93. The molecule has 3 nitrogen and oxygen atoms in total. The van der Waals surface area contributed by atoms with Gasteiger partial charge in [0.05, 0.1) is 0 Å². The lowest BCUT2D eigenvalue weighted by Crippen LogP contribution is -2.36. The maximum atomic E-state index is 13.1. The molecule has 0 amide bonds. The molecule has 0 fully saturated rings. The van der Waals surface area contributed by atoms with Crippen LogP contribution in [0.1, 0.15) is 19.4 Å². The Hall–Kier alpha value is -1.13. The molecule has 0 radical (unpaired) electrons. The molecule has 0 atom stereocenters. The molecule has 0 unspecified atom stereocenters. The highest BCUT2D eigenvalue weighted by Crippen LogP contribution is 2.19. The van der Waals surface area contributed by atoms with Gasteiger partial charge < -0.3 is 15.7 Å². The van der Waals surface area contributed by atoms with Gasteiger partial charge in [0.25, 0.3) is 0 Å². The van der Waals surface area contributed by atoms with Gasteiger partial charge >= 0.3 is 0 Å². The Morgan fingerprint density at radius 1 is 1.41 bits per heavy atom. The van der Waals surface area contributed by atoms with Crippen molar-refractivity contribution in [2.45, 2.75) is 20.4 Å². The lowest BCUT2D eigenvalue weighted by molar-refractivity contribution is 0.209. The van der Waals surface area contributed by atoms with Crippen molar-refractivity contribution >= 4 is 0 Å². The Morgan fingerprint density at radius 2 is 2.06 bits per heavy atom. The quantitative estimate of drug-likeness (QED) is 0.827. The molecule has 0 aliphatic rings. The van der Waals surface area contributed by atoms with E-state index >= 15 is 0 Å². The summed E-state index contributed by atoms with van der Waals surface area (Å²) >= 11 is 0. The summed E-state index contributed by atoms with van der Waals surface area (Å²) in [5.41, 5.74) is 6.56. The third-order valence-corrected chi connectivity index (χ3v) is 2.72. The monoisotopic (exact) mass is 240 g/mol. The molecule has 3 N–H and O–H groups in total. The van der Waals surface area contributed by atoms with E-state index in [9.17, 15) is 4.39 Å². The molecule has 0 aliphatic carbocycles. The van der Waals surface area contributed by atoms with Crippen LogP contribution in [-0.2, 0) is 6.54 Å². The number of hydrogen-bond acceptors (Lipinski definition) is 3. The molecule has 96 valence electrons. The number of nitrogens with two attached hydrogens (primary N) is 1. The largest absolute Gasteiger partial charge is 0.505 e. The van der Waals surface area contributed by atoms with Crippen LogP contribution in [0.25, 0.3) is 0 Å². The van der Waals surface area contributed by atoms with Gasteiger partial charge in [-0.25, -0.2) is 4.39 Å². The second-order valence-electron chi connectivity index (χ2n) is 5.33. The van der Waals surface area contributed by atoms with Crippen molar-refractivity contribution in [3.05, 3.63) is 29.6 Å². The van der Waals surface area contributed by atoms with Crippen LogP contribution in [0, 0.1) is 11.2 Å². The fraction of sp³-hybridized carbons (Fsp3) is 0.538. The molecule has 0 heterocycles. The third-order valence-electron chi connectivity index (χ3n) is 2.72. The number of nitrogens with zero attached hydrogens (tertiary/aromatic N) is 1. The molecule has 1 rings (SSSR count). The van der Waals surface area contributed by atoms with Gasteiger partial charge in [-0.15, -0.1) is 0 Å². The molecular weight excluding hydrogens is 219 g/mol. The van der Waals surface area contributed by atoms with Gasteiger partial charge in [0.1, 0.15) is 0 Å². The van der Waals surface area contributed by atoms with Gasteiger partial charge in [0, 0.05) is 13.1 Å². The second kappa shape index (κ2) is 5.47. The standard InChI is InChI=1S/C13H21FN2O/c1-13(2,8-15)9-16(3)7-10-4-5-12(17)11(14)6-10/h4-6,17H,7-9,15H2,1-3H3. The molecule has 1 aromatic carbocycles. The minimum Gasteiger partial charge on any atom is -0.505 e. The van der Waals surface area contributed by atoms with E-state index in [2.05, 4.69) is 18.7 Å². The van der Waals surface area contributed by atoms with Crippen molar-refractivity contribution < 1.29 is 9.50 Å². The molecule has 0 spiro atoms. The molecule has 0 saturated carbocycles. The normalized spacial score (nSPS) is 12.1. The van der Waals surface area contributed by atoms with E-state index in [1.54, 1.807) is 6.07 Å². The molecule has 0 bridgehead atoms. The topological polar surface area (TPSA) is 49.5 Å². The molecule has 17 heavy (non-hydrogen) atoms. The summed E-state index contributed by atoms with van der Waals surface area (Å²) in [7, 11) is 1.97. The molecule has 4 heteroatoms. The first-order valence-corrected chi connectivity index (χ1v) is 5.70. The van der Waals surface area contributed by atoms with E-state index in [4.69, 9.17) is 10.8 Å². The van der Waals surface area contributed by atoms with Gasteiger partial charge in [-0.05, 0) is 36.7 Å². The number of phenolic OH excluding ortho intramolecular Hbond substituents is 1. The number of phenols is 1. The Bertz CT molecular complexity index is 380. The predicted molar refractivity (Wildman–Crippen MR) is 67.2 cm³/mol. The van der Waals surface area contributed by atoms with E-state index in [-0.39, 0.29) is 11.2 Å². The summed E-state index contributed by atoms with van der Waals surface area (Å²) in [6.07, 6.45) is 0. The Kier molecular flexibility index (Phi) is 4.48. The van der Waals surface area contributed by atoms with Crippen molar-refractivity contribution in [3.8, 4) is 5.75 Å². The first-order chi connectivity index (χ1) is 7.84. The first kappa shape index (κ1) is 13.9. The second-order valence-corrected chi connectivity index (χ2v) is 5.33. The summed E-state index contributed by atoms with van der Waals surface area (Å²) in [6.45, 7) is 6.29. The van der Waals surface area contributed by atoms with E-state index in [1.165, 1.54) is 12.1 Å². The maximum absolute atomic E-state index is 13.1. The average Bonchev–Trinajstić information content (AvgIpc) is 2.23. The summed E-state index contributed by atoms with van der Waals surface area (Å²) in [5.74, 6) is -0.882. The minimum absolute atomic E-state index is 0.0458. The van der Waals surface area contributed by atoms with Crippen molar-refractivity contribution in [1.82, 2.24) is 4.90 Å². The Morgan fingerprint density at radius 3 is 2.59 bits per heavy atom. The Balaban J connectivity index is 2.62. The molecule has 0 aromatic heterocycles. The maximum Gasteiger partial charge on any atom is 0.165 e. The van der Waals surface area contributed by atoms with Crippen molar-refractivity contribution in [1.29, 1.82) is 0 Å². The average molecular weight is 240 g/mol. The van der Waals surface area contributed by atoms with Gasteiger partial charge in [0.15, 0.2) is 11.6 Å². The zero-order valence-corrected chi connectivity index (χ0v) is 10.7. The zero-order chi connectivity index (χ0) is 13.1. The number of halogens is 1. The predicted octanol–water partition coefficient (Wildman–Crippen LogP) is 1.95. The summed E-state index contributed by atoms with van der Waals surface area (Å²) in [4.78, 5) is 2.10. The molecular formula is C13H21FN2O. The van der Waals surface area contributed by atoms with E-state index in [0.29, 0.717) is 13.1 Å². The van der Waals surface area contributed by atoms with Crippen LogP contribution in [0.5, 0.6) is 5.75 Å². The minimum atomic E-state index is -0.575. The highest BCUT2D eigenvalue weighted by Gasteiger charge is 2.18. The van der Waals surface area contributed by atoms with E-state index in [1.807, 2.05) is 7.05 Å². The number of aromatic hydroxyl groups is 1. The fourth-order valence-electron chi connectivity index (χ4n) is 1.81. The molecule has 0 saturated heterocycles. The van der Waals surface area contributed by atoms with Crippen LogP contribution in [-0.4, -0.2) is 30.1 Å². The van der Waals surface area contributed by atoms with Crippen LogP contribution >= 0.6 is 0 Å². The molecule has 1 aromatic rings. The number of rotatable bonds is 5. The SMILES string of the molecule is CN(Cc1ccc(O)c(F)c1)CC(C)(C)CN. The fourth-order valence-corrected chi connectivity index (χ4v) is 1.81. The van der Waals surface area contributed by atoms with Crippen LogP contribution < -0.4 is 5.73 Å². The summed E-state index contributed by atoms with van der Waals surface area (Å²) < 4.78 is 13.1. The highest BCUT2D eigenvalue weighted by atomic mass is 19.1. The van der Waals surface area contributed by atoms with Crippen LogP contribution in [0.15, 0.2) is 18.2 Å². The summed E-state index contributed by atoms with van der Waals surface area (Å²) in [6, 6.07) is 4.47.